The molecule has 3 saturated heterocycles. The predicted octanol–water partition coefficient (Wildman–Crippen LogP) is -8.96. The van der Waals surface area contributed by atoms with Crippen LogP contribution >= 0.6 is 0 Å². The van der Waals surface area contributed by atoms with Crippen molar-refractivity contribution in [2.75, 3.05) is 113 Å². The number of hydrogen-bond donors (Lipinski definition) is 14. The first-order chi connectivity index (χ1) is 34.0. The third kappa shape index (κ3) is 21.3. The summed E-state index contributed by atoms with van der Waals surface area (Å²) in [5, 5.41) is 124. The van der Waals surface area contributed by atoms with Gasteiger partial charge in [-0.25, -0.2) is 9.78 Å². The van der Waals surface area contributed by atoms with Gasteiger partial charge < -0.3 is 129 Å². The van der Waals surface area contributed by atoms with Crippen LogP contribution in [0.4, 0.5) is 0 Å². The van der Waals surface area contributed by atoms with Crippen molar-refractivity contribution >= 4 is 17.8 Å². The maximum Gasteiger partial charge on any atom is 0.305 e. The molecule has 31 heteroatoms. The number of rotatable bonds is 36. The number of nitrogens with one attached hydrogen (secondary N) is 2. The number of carbonyl (C=O) groups is 3. The molecule has 15 atom stereocenters. The summed E-state index contributed by atoms with van der Waals surface area (Å²) in [6.45, 7) is -6.45. The van der Waals surface area contributed by atoms with Gasteiger partial charge in [-0.15, -0.1) is 0 Å². The van der Waals surface area contributed by atoms with Crippen LogP contribution < -0.4 is 10.6 Å². The number of hydrogen-bond acceptors (Lipinski definition) is 29. The van der Waals surface area contributed by atoms with Crippen LogP contribution in [0.3, 0.4) is 0 Å². The van der Waals surface area contributed by atoms with E-state index in [1.165, 1.54) is 7.11 Å². The molecule has 0 unspecified atom stereocenters. The van der Waals surface area contributed by atoms with Gasteiger partial charge in [-0.2, -0.15) is 0 Å². The molecule has 0 aromatic heterocycles. The smallest absolute Gasteiger partial charge is 0.305 e. The van der Waals surface area contributed by atoms with E-state index in [4.69, 9.17) is 61.9 Å². The van der Waals surface area contributed by atoms with E-state index in [0.717, 1.165) is 0 Å². The van der Waals surface area contributed by atoms with Crippen molar-refractivity contribution < 1.29 is 142 Å². The largest absolute Gasteiger partial charge is 0.469 e. The molecule has 3 aliphatic rings. The van der Waals surface area contributed by atoms with Gasteiger partial charge in [-0.1, -0.05) is 0 Å². The molecule has 416 valence electrons. The second kappa shape index (κ2) is 34.1. The molecule has 2 amide bonds. The number of amides is 2. The topological polar surface area (TPSA) is 447 Å². The first-order valence-corrected chi connectivity index (χ1v) is 22.6. The number of unbranched alkanes of at least 4 members (excludes halogenated alkanes) is 1. The zero-order valence-corrected chi connectivity index (χ0v) is 39.1. The molecular weight excluding hydrogens is 972 g/mol. The van der Waals surface area contributed by atoms with Gasteiger partial charge in [0, 0.05) is 12.8 Å². The summed E-state index contributed by atoms with van der Waals surface area (Å²) in [6.07, 6.45) is -22.1. The molecule has 0 radical (unpaired) electrons. The maximum absolute atomic E-state index is 13.4. The summed E-state index contributed by atoms with van der Waals surface area (Å²) in [6, 6.07) is 0. The minimum atomic E-state index is -1.72. The highest BCUT2D eigenvalue weighted by Gasteiger charge is 2.46. The Kier molecular flexibility index (Phi) is 30.1. The fourth-order valence-corrected chi connectivity index (χ4v) is 6.77. The lowest BCUT2D eigenvalue weighted by Crippen LogP contribution is -2.60. The summed E-state index contributed by atoms with van der Waals surface area (Å²) in [5.41, 5.74) is -1.61. The van der Waals surface area contributed by atoms with Crippen LogP contribution in [-0.2, 0) is 81.0 Å². The van der Waals surface area contributed by atoms with Crippen LogP contribution in [0.5, 0.6) is 0 Å². The van der Waals surface area contributed by atoms with Crippen molar-refractivity contribution in [2.24, 2.45) is 0 Å². The summed E-state index contributed by atoms with van der Waals surface area (Å²) >= 11 is 0. The summed E-state index contributed by atoms with van der Waals surface area (Å²) in [5.74, 6) is -1.68. The monoisotopic (exact) mass is 1040 g/mol. The van der Waals surface area contributed by atoms with Gasteiger partial charge in [0.1, 0.15) is 106 Å². The predicted molar refractivity (Wildman–Crippen MR) is 225 cm³/mol. The minimum absolute atomic E-state index is 0.00572. The highest BCUT2D eigenvalue weighted by atomic mass is 17.2. The van der Waals surface area contributed by atoms with Crippen molar-refractivity contribution in [3.8, 4) is 0 Å². The van der Waals surface area contributed by atoms with Crippen LogP contribution in [0.15, 0.2) is 0 Å². The van der Waals surface area contributed by atoms with Gasteiger partial charge in [0.25, 0.3) is 0 Å². The maximum atomic E-state index is 13.4. The molecule has 0 saturated carbocycles. The molecule has 0 aliphatic carbocycles. The van der Waals surface area contributed by atoms with E-state index in [-0.39, 0.29) is 52.5 Å². The van der Waals surface area contributed by atoms with Crippen molar-refractivity contribution in [2.45, 2.75) is 123 Å². The van der Waals surface area contributed by atoms with Gasteiger partial charge >= 0.3 is 5.97 Å². The van der Waals surface area contributed by atoms with E-state index in [2.05, 4.69) is 15.4 Å². The Morgan fingerprint density at radius 3 is 1.34 bits per heavy atom. The summed E-state index contributed by atoms with van der Waals surface area (Å²) < 4.78 is 64.7. The lowest BCUT2D eigenvalue weighted by molar-refractivity contribution is -0.427. The Morgan fingerprint density at radius 1 is 0.493 bits per heavy atom. The van der Waals surface area contributed by atoms with E-state index in [1.807, 2.05) is 0 Å². The number of aliphatic hydroxyl groups excluding tert-OH is 12. The van der Waals surface area contributed by atoms with E-state index in [9.17, 15) is 75.7 Å². The van der Waals surface area contributed by atoms with E-state index in [1.54, 1.807) is 0 Å². The second-order valence-corrected chi connectivity index (χ2v) is 16.3. The van der Waals surface area contributed by atoms with Crippen molar-refractivity contribution in [1.82, 2.24) is 10.6 Å². The fraction of sp³-hybridized carbons (Fsp3) is 0.925. The fourth-order valence-electron chi connectivity index (χ4n) is 6.77. The van der Waals surface area contributed by atoms with E-state index >= 15 is 0 Å². The average Bonchev–Trinajstić information content (AvgIpc) is 3.36. The minimum Gasteiger partial charge on any atom is -0.469 e. The second-order valence-electron chi connectivity index (χ2n) is 16.3. The highest BCUT2D eigenvalue weighted by Crippen LogP contribution is 2.24. The van der Waals surface area contributed by atoms with Crippen molar-refractivity contribution in [3.63, 3.8) is 0 Å². The summed E-state index contributed by atoms with van der Waals surface area (Å²) in [7, 11) is 1.24. The molecule has 14 N–H and O–H groups in total. The molecule has 0 spiro atoms. The molecule has 0 bridgehead atoms. The first-order valence-electron chi connectivity index (χ1n) is 22.6. The van der Waals surface area contributed by atoms with Crippen LogP contribution in [-0.4, -0.2) is 290 Å². The molecule has 0 aromatic carbocycles. The Labute approximate surface area is 407 Å². The Hall–Kier alpha value is -2.59. The summed E-state index contributed by atoms with van der Waals surface area (Å²) in [4.78, 5) is 47.3. The molecule has 31 nitrogen and oxygen atoms in total. The van der Waals surface area contributed by atoms with Crippen molar-refractivity contribution in [3.05, 3.63) is 0 Å². The Balaban J connectivity index is 1.61. The number of ether oxygens (including phenoxy) is 12. The number of aliphatic hydroxyl groups is 12. The molecule has 71 heavy (non-hydrogen) atoms. The highest BCUT2D eigenvalue weighted by molar-refractivity contribution is 5.85. The van der Waals surface area contributed by atoms with E-state index < -0.39 is 182 Å². The Morgan fingerprint density at radius 2 is 0.901 bits per heavy atom. The van der Waals surface area contributed by atoms with Gasteiger partial charge in [0.15, 0.2) is 12.6 Å². The third-order valence-corrected chi connectivity index (χ3v) is 10.8. The first kappa shape index (κ1) is 62.7. The van der Waals surface area contributed by atoms with Crippen molar-refractivity contribution in [1.29, 1.82) is 0 Å². The molecule has 3 rings (SSSR count). The lowest BCUT2D eigenvalue weighted by Gasteiger charge is -2.39. The zero-order chi connectivity index (χ0) is 52.3. The SMILES string of the molecule is COC(=O)CCCCC(=O)NCC(=O)NC(COCOCCOO[C@@H]1O[C@H](CO)[C@H](O)[C@H](O)[C@H]1O)(COCOCCO[C@@H]1O[C@H](CO)[C@H](O)[C@H](O)[C@H]1O)COCOCCO[C@@H]1O[C@H](CO)[C@H](O)[C@H](O)[C@H]1O. The Bertz CT molecular complexity index is 1420. The standard InChI is InChI=1S/C40H72N2O29/c1-58-27(48)5-3-2-4-25(46)41-12-26(47)42-40(16-62-19-59-6-9-65-37-34(55)31(52)28(49)22(13-43)68-37,17-63-20-60-7-10-66-38-35(56)32(53)29(50)23(14-44)69-38)18-64-21-61-8-11-67-71-39-36(57)33(54)30(51)24(15-45)70-39/h22-24,28-39,43-45,49-57H,2-21H2,1H3,(H,41,46)(H,42,47)/t22-,23-,24-,28+,29+,30+,31+,32+,33+,34-,35-,36-,37-,38-,39+/m1/s1. The third-order valence-electron chi connectivity index (χ3n) is 10.8. The zero-order valence-electron chi connectivity index (χ0n) is 39.1. The van der Waals surface area contributed by atoms with Crippen LogP contribution in [0.1, 0.15) is 25.7 Å². The van der Waals surface area contributed by atoms with Crippen LogP contribution in [0.25, 0.3) is 0 Å². The quantitative estimate of drug-likeness (QED) is 0.00911. The molecule has 3 aliphatic heterocycles. The van der Waals surface area contributed by atoms with Crippen LogP contribution in [0, 0.1) is 0 Å². The van der Waals surface area contributed by atoms with Gasteiger partial charge in [0.2, 0.25) is 18.1 Å². The molecular formula is C40H72N2O29. The molecule has 0 aromatic rings. The lowest BCUT2D eigenvalue weighted by atomic mass is 9.99. The van der Waals surface area contributed by atoms with Gasteiger partial charge in [-0.05, 0) is 12.8 Å². The van der Waals surface area contributed by atoms with Gasteiger partial charge in [-0.3, -0.25) is 14.4 Å². The normalized spacial score (nSPS) is 31.3. The number of carbonyl (C=O) groups excluding carboxylic acids is 3. The molecule has 3 heterocycles. The molecule has 3 fully saturated rings. The van der Waals surface area contributed by atoms with Crippen LogP contribution in [0.2, 0.25) is 0 Å². The number of methoxy groups -OCH3 is 1. The number of esters is 1. The van der Waals surface area contributed by atoms with Gasteiger partial charge in [0.05, 0.1) is 86.3 Å². The average molecular weight is 1050 g/mol. The van der Waals surface area contributed by atoms with E-state index in [0.29, 0.717) is 12.8 Å².